The van der Waals surface area contributed by atoms with Crippen LogP contribution in [0.15, 0.2) is 24.3 Å². The van der Waals surface area contributed by atoms with E-state index in [1.165, 1.54) is 30.4 Å². The topological polar surface area (TPSA) is 41.1 Å². The zero-order valence-electron chi connectivity index (χ0n) is 12.5. The van der Waals surface area contributed by atoms with E-state index >= 15 is 0 Å². The minimum Gasteiger partial charge on any atom is -0.356 e. The van der Waals surface area contributed by atoms with Crippen molar-refractivity contribution in [2.45, 2.75) is 51.5 Å². The number of amides is 1. The molecule has 110 valence electrons. The second kappa shape index (κ2) is 8.05. The molecular formula is C17H26N2O. The summed E-state index contributed by atoms with van der Waals surface area (Å²) in [6.45, 7) is 4.01. The van der Waals surface area contributed by atoms with Crippen molar-refractivity contribution >= 4 is 5.91 Å². The molecule has 1 heterocycles. The van der Waals surface area contributed by atoms with Gasteiger partial charge in [-0.1, -0.05) is 36.2 Å². The van der Waals surface area contributed by atoms with Crippen LogP contribution in [0.3, 0.4) is 0 Å². The van der Waals surface area contributed by atoms with Gasteiger partial charge < -0.3 is 10.6 Å². The van der Waals surface area contributed by atoms with Crippen LogP contribution in [0.4, 0.5) is 0 Å². The summed E-state index contributed by atoms with van der Waals surface area (Å²) in [7, 11) is 0. The van der Waals surface area contributed by atoms with Crippen molar-refractivity contribution in [2.75, 3.05) is 13.1 Å². The first-order valence-electron chi connectivity index (χ1n) is 7.79. The predicted octanol–water partition coefficient (Wildman–Crippen LogP) is 2.58. The molecule has 0 spiro atoms. The molecule has 1 aliphatic heterocycles. The highest BCUT2D eigenvalue weighted by atomic mass is 16.1. The summed E-state index contributed by atoms with van der Waals surface area (Å²) >= 11 is 0. The molecule has 0 bridgehead atoms. The minimum atomic E-state index is 0.169. The Labute approximate surface area is 122 Å². The van der Waals surface area contributed by atoms with Crippen LogP contribution in [-0.2, 0) is 11.2 Å². The maximum Gasteiger partial charge on any atom is 0.220 e. The highest BCUT2D eigenvalue weighted by Crippen LogP contribution is 2.09. The van der Waals surface area contributed by atoms with Gasteiger partial charge in [0.15, 0.2) is 0 Å². The maximum absolute atomic E-state index is 11.8. The Bertz CT molecular complexity index is 425. The van der Waals surface area contributed by atoms with Crippen molar-refractivity contribution in [3.8, 4) is 0 Å². The zero-order valence-corrected chi connectivity index (χ0v) is 12.5. The fourth-order valence-electron chi connectivity index (χ4n) is 2.77. The molecule has 1 aromatic carbocycles. The number of piperidine rings is 1. The smallest absolute Gasteiger partial charge is 0.220 e. The van der Waals surface area contributed by atoms with Crippen LogP contribution in [0.2, 0.25) is 0 Å². The van der Waals surface area contributed by atoms with Gasteiger partial charge in [-0.15, -0.1) is 0 Å². The third-order valence-electron chi connectivity index (χ3n) is 3.95. The van der Waals surface area contributed by atoms with Gasteiger partial charge in [0.2, 0.25) is 5.91 Å². The average Bonchev–Trinajstić information content (AvgIpc) is 2.46. The molecule has 3 nitrogen and oxygen atoms in total. The van der Waals surface area contributed by atoms with Gasteiger partial charge in [0.25, 0.3) is 0 Å². The Balaban J connectivity index is 1.60. The lowest BCUT2D eigenvalue weighted by molar-refractivity contribution is -0.121. The third-order valence-corrected chi connectivity index (χ3v) is 3.95. The highest BCUT2D eigenvalue weighted by molar-refractivity contribution is 5.76. The van der Waals surface area contributed by atoms with Gasteiger partial charge in [0, 0.05) is 19.0 Å². The first-order chi connectivity index (χ1) is 9.74. The Morgan fingerprint density at radius 1 is 1.40 bits per heavy atom. The normalized spacial score (nSPS) is 18.8. The quantitative estimate of drug-likeness (QED) is 0.837. The van der Waals surface area contributed by atoms with Crippen molar-refractivity contribution < 1.29 is 4.79 Å². The van der Waals surface area contributed by atoms with Gasteiger partial charge in [-0.3, -0.25) is 4.79 Å². The standard InChI is InChI=1S/C17H26N2O/c1-14-5-4-6-15(13-14)8-9-17(20)19-12-10-16-7-2-3-11-18-16/h4-6,13,16,18H,2-3,7-12H2,1H3,(H,19,20). The van der Waals surface area contributed by atoms with Gasteiger partial charge >= 0.3 is 0 Å². The largest absolute Gasteiger partial charge is 0.356 e. The van der Waals surface area contributed by atoms with Crippen LogP contribution in [0, 0.1) is 6.92 Å². The number of aryl methyl sites for hydroxylation is 2. The van der Waals surface area contributed by atoms with Crippen LogP contribution in [0.5, 0.6) is 0 Å². The molecule has 1 fully saturated rings. The molecule has 1 aliphatic rings. The lowest BCUT2D eigenvalue weighted by Gasteiger charge is -2.23. The van der Waals surface area contributed by atoms with Crippen LogP contribution in [0.25, 0.3) is 0 Å². The molecule has 0 aromatic heterocycles. The lowest BCUT2D eigenvalue weighted by atomic mass is 10.0. The van der Waals surface area contributed by atoms with E-state index < -0.39 is 0 Å². The first kappa shape index (κ1) is 15.0. The number of hydrogen-bond acceptors (Lipinski definition) is 2. The Hall–Kier alpha value is -1.35. The molecule has 2 N–H and O–H groups in total. The summed E-state index contributed by atoms with van der Waals surface area (Å²) in [5, 5.41) is 6.54. The van der Waals surface area contributed by atoms with Crippen LogP contribution in [-0.4, -0.2) is 25.0 Å². The molecule has 2 rings (SSSR count). The van der Waals surface area contributed by atoms with E-state index in [9.17, 15) is 4.79 Å². The molecule has 0 saturated carbocycles. The summed E-state index contributed by atoms with van der Waals surface area (Å²) < 4.78 is 0. The monoisotopic (exact) mass is 274 g/mol. The Morgan fingerprint density at radius 2 is 2.30 bits per heavy atom. The summed E-state index contributed by atoms with van der Waals surface area (Å²) in [6, 6.07) is 8.98. The van der Waals surface area contributed by atoms with E-state index in [1.807, 2.05) is 0 Å². The molecule has 1 amide bonds. The number of nitrogens with one attached hydrogen (secondary N) is 2. The zero-order chi connectivity index (χ0) is 14.2. The molecular weight excluding hydrogens is 248 g/mol. The van der Waals surface area contributed by atoms with Crippen molar-refractivity contribution in [3.05, 3.63) is 35.4 Å². The van der Waals surface area contributed by atoms with Crippen LogP contribution < -0.4 is 10.6 Å². The number of benzene rings is 1. The van der Waals surface area contributed by atoms with Gasteiger partial charge in [0.1, 0.15) is 0 Å². The summed E-state index contributed by atoms with van der Waals surface area (Å²) in [4.78, 5) is 11.8. The van der Waals surface area contributed by atoms with Crippen molar-refractivity contribution in [2.24, 2.45) is 0 Å². The van der Waals surface area contributed by atoms with Crippen molar-refractivity contribution in [1.29, 1.82) is 0 Å². The molecule has 0 aliphatic carbocycles. The third kappa shape index (κ3) is 5.33. The lowest BCUT2D eigenvalue weighted by Crippen LogP contribution is -2.37. The fourth-order valence-corrected chi connectivity index (χ4v) is 2.77. The first-order valence-corrected chi connectivity index (χ1v) is 7.79. The summed E-state index contributed by atoms with van der Waals surface area (Å²) in [6.07, 6.45) is 6.32. The van der Waals surface area contributed by atoms with E-state index in [4.69, 9.17) is 0 Å². The molecule has 1 aromatic rings. The minimum absolute atomic E-state index is 0.169. The second-order valence-electron chi connectivity index (χ2n) is 5.77. The number of carbonyl (C=O) groups is 1. The van der Waals surface area contributed by atoms with E-state index in [0.717, 1.165) is 25.9 Å². The summed E-state index contributed by atoms with van der Waals surface area (Å²) in [5.41, 5.74) is 2.50. The molecule has 3 heteroatoms. The fraction of sp³-hybridized carbons (Fsp3) is 0.588. The van der Waals surface area contributed by atoms with E-state index in [-0.39, 0.29) is 5.91 Å². The summed E-state index contributed by atoms with van der Waals surface area (Å²) in [5.74, 6) is 0.169. The number of hydrogen-bond donors (Lipinski definition) is 2. The molecule has 20 heavy (non-hydrogen) atoms. The van der Waals surface area contributed by atoms with E-state index in [0.29, 0.717) is 12.5 Å². The van der Waals surface area contributed by atoms with Gasteiger partial charge in [-0.05, 0) is 44.7 Å². The number of carbonyl (C=O) groups excluding carboxylic acids is 1. The molecule has 1 unspecified atom stereocenters. The van der Waals surface area contributed by atoms with E-state index in [2.05, 4.69) is 41.8 Å². The average molecular weight is 274 g/mol. The van der Waals surface area contributed by atoms with Crippen LogP contribution >= 0.6 is 0 Å². The van der Waals surface area contributed by atoms with Gasteiger partial charge in [-0.25, -0.2) is 0 Å². The number of rotatable bonds is 6. The maximum atomic E-state index is 11.8. The molecule has 1 saturated heterocycles. The van der Waals surface area contributed by atoms with Gasteiger partial charge in [-0.2, -0.15) is 0 Å². The van der Waals surface area contributed by atoms with Crippen LogP contribution in [0.1, 0.15) is 43.2 Å². The molecule has 0 radical (unpaired) electrons. The van der Waals surface area contributed by atoms with E-state index in [1.54, 1.807) is 0 Å². The predicted molar refractivity (Wildman–Crippen MR) is 82.8 cm³/mol. The Kier molecular flexibility index (Phi) is 6.06. The SMILES string of the molecule is Cc1cccc(CCC(=O)NCCC2CCCCN2)c1. The van der Waals surface area contributed by atoms with Crippen molar-refractivity contribution in [3.63, 3.8) is 0 Å². The Morgan fingerprint density at radius 3 is 3.05 bits per heavy atom. The second-order valence-corrected chi connectivity index (χ2v) is 5.77. The van der Waals surface area contributed by atoms with Gasteiger partial charge in [0.05, 0.1) is 0 Å². The highest BCUT2D eigenvalue weighted by Gasteiger charge is 2.12. The molecule has 1 atom stereocenters. The van der Waals surface area contributed by atoms with Crippen molar-refractivity contribution in [1.82, 2.24) is 10.6 Å².